The Kier molecular flexibility index (Phi) is 7.48. The van der Waals surface area contributed by atoms with Gasteiger partial charge in [-0.2, -0.15) is 5.10 Å². The number of nitrogens with zero attached hydrogens (tertiary/aromatic N) is 4. The van der Waals surface area contributed by atoms with Crippen molar-refractivity contribution in [3.8, 4) is 0 Å². The lowest BCUT2D eigenvalue weighted by Gasteiger charge is -2.21. The molecule has 0 bridgehead atoms. The van der Waals surface area contributed by atoms with Crippen molar-refractivity contribution in [1.29, 1.82) is 0 Å². The number of nitrogens with one attached hydrogen (secondary N) is 1. The molecular weight excluding hydrogens is 356 g/mol. The lowest BCUT2D eigenvalue weighted by molar-refractivity contribution is 0.0698. The summed E-state index contributed by atoms with van der Waals surface area (Å²) in [4.78, 5) is 17.3. The highest BCUT2D eigenvalue weighted by molar-refractivity contribution is 7.31. The molecule has 0 saturated heterocycles. The minimum Gasteiger partial charge on any atom is -0.478 e. The van der Waals surface area contributed by atoms with Crippen LogP contribution >= 0.6 is 8.89 Å². The molecule has 26 heavy (non-hydrogen) atoms. The fourth-order valence-corrected chi connectivity index (χ4v) is 3.15. The zero-order valence-corrected chi connectivity index (χ0v) is 16.2. The molecule has 142 valence electrons. The summed E-state index contributed by atoms with van der Waals surface area (Å²) in [6.07, 6.45) is 6.87. The van der Waals surface area contributed by atoms with Crippen LogP contribution in [-0.4, -0.2) is 50.6 Å². The molecule has 2 heterocycles. The van der Waals surface area contributed by atoms with E-state index in [0.29, 0.717) is 12.0 Å². The highest BCUT2D eigenvalue weighted by Crippen LogP contribution is 2.27. The maximum Gasteiger partial charge on any atom is 0.337 e. The van der Waals surface area contributed by atoms with E-state index < -0.39 is 14.9 Å². The van der Waals surface area contributed by atoms with Gasteiger partial charge in [0.2, 0.25) is 0 Å². The summed E-state index contributed by atoms with van der Waals surface area (Å²) in [6.45, 7) is 4.84. The first-order chi connectivity index (χ1) is 12.5. The molecule has 0 fully saturated rings. The van der Waals surface area contributed by atoms with Crippen LogP contribution in [0.1, 0.15) is 41.9 Å². The number of hydrogen-bond donors (Lipinski definition) is 2. The Morgan fingerprint density at radius 2 is 2.23 bits per heavy atom. The lowest BCUT2D eigenvalue weighted by Crippen LogP contribution is -2.22. The fourth-order valence-electron chi connectivity index (χ4n) is 2.79. The summed E-state index contributed by atoms with van der Waals surface area (Å²) in [5.74, 6) is -1.01. The molecule has 0 spiro atoms. The molecule has 7 nitrogen and oxygen atoms in total. The van der Waals surface area contributed by atoms with Crippen molar-refractivity contribution in [2.24, 2.45) is 0 Å². The molecule has 2 unspecified atom stereocenters. The van der Waals surface area contributed by atoms with Gasteiger partial charge in [-0.3, -0.25) is 14.6 Å². The third-order valence-electron chi connectivity index (χ3n) is 4.36. The summed E-state index contributed by atoms with van der Waals surface area (Å²) in [5.41, 5.74) is 2.26. The second kappa shape index (κ2) is 9.59. The van der Waals surface area contributed by atoms with Crippen molar-refractivity contribution in [1.82, 2.24) is 19.7 Å². The number of aromatic carboxylic acids is 1. The molecule has 2 aromatic heterocycles. The van der Waals surface area contributed by atoms with Crippen molar-refractivity contribution >= 4 is 26.2 Å². The number of rotatable bonds is 10. The van der Waals surface area contributed by atoms with Gasteiger partial charge in [-0.15, -0.1) is 0 Å². The summed E-state index contributed by atoms with van der Waals surface area (Å²) >= 11 is 0. The second-order valence-corrected chi connectivity index (χ2v) is 6.75. The Labute approximate surface area is 154 Å². The molecule has 2 atom stereocenters. The largest absolute Gasteiger partial charge is 0.478 e. The Hall–Kier alpha value is -2.05. The SMILES string of the molecule is CCC(CCN(C)CPF)n1ncc(Nc2cnccc2C(=O)O)c1C. The van der Waals surface area contributed by atoms with Crippen molar-refractivity contribution in [3.63, 3.8) is 0 Å². The summed E-state index contributed by atoms with van der Waals surface area (Å²) in [6, 6.07) is 1.66. The molecular formula is C17H25FN5O2P. The Bertz CT molecular complexity index is 740. The average molecular weight is 381 g/mol. The van der Waals surface area contributed by atoms with Gasteiger partial charge in [-0.1, -0.05) is 6.92 Å². The topological polar surface area (TPSA) is 83.3 Å². The zero-order valence-electron chi connectivity index (χ0n) is 15.2. The standard InChI is InChI=1S/C17H25FN5O2P/c1-4-13(6-8-22(3)11-26-18)23-12(2)15(10-20-23)21-16-9-19-7-5-14(16)17(24)25/h5,7,9-10,13,21,26H,4,6,8,11H2,1-3H3,(H,24,25). The molecule has 0 radical (unpaired) electrons. The van der Waals surface area contributed by atoms with Gasteiger partial charge in [-0.25, -0.2) is 8.99 Å². The van der Waals surface area contributed by atoms with Crippen molar-refractivity contribution < 1.29 is 14.1 Å². The number of anilines is 2. The monoisotopic (exact) mass is 381 g/mol. The summed E-state index contributed by atoms with van der Waals surface area (Å²) in [7, 11) is 1.35. The van der Waals surface area contributed by atoms with Crippen LogP contribution in [-0.2, 0) is 0 Å². The number of carboxylic acid groups (broad SMARTS) is 1. The van der Waals surface area contributed by atoms with E-state index in [1.54, 1.807) is 6.20 Å². The third kappa shape index (κ3) is 4.99. The van der Waals surface area contributed by atoms with Crippen molar-refractivity contribution in [2.75, 3.05) is 25.2 Å². The van der Waals surface area contributed by atoms with Crippen LogP contribution in [0.2, 0.25) is 0 Å². The van der Waals surface area contributed by atoms with Crippen LogP contribution in [0.25, 0.3) is 0 Å². The predicted octanol–water partition coefficient (Wildman–Crippen LogP) is 3.82. The Morgan fingerprint density at radius 3 is 2.88 bits per heavy atom. The number of carbonyl (C=O) groups is 1. The average Bonchev–Trinajstić information content (AvgIpc) is 2.97. The van der Waals surface area contributed by atoms with Gasteiger partial charge in [0.1, 0.15) is 0 Å². The van der Waals surface area contributed by atoms with E-state index in [-0.39, 0.29) is 11.6 Å². The number of hydrogen-bond acceptors (Lipinski definition) is 5. The maximum absolute atomic E-state index is 12.5. The predicted molar refractivity (Wildman–Crippen MR) is 102 cm³/mol. The first-order valence-corrected chi connectivity index (χ1v) is 9.56. The van der Waals surface area contributed by atoms with E-state index >= 15 is 0 Å². The molecule has 0 saturated carbocycles. The van der Waals surface area contributed by atoms with Crippen molar-refractivity contribution in [2.45, 2.75) is 32.7 Å². The van der Waals surface area contributed by atoms with Gasteiger partial charge in [-0.05, 0) is 32.9 Å². The van der Waals surface area contributed by atoms with Crippen LogP contribution < -0.4 is 5.32 Å². The number of pyridine rings is 1. The minimum atomic E-state index is -1.01. The molecule has 9 heteroatoms. The van der Waals surface area contributed by atoms with E-state index in [9.17, 15) is 14.1 Å². The van der Waals surface area contributed by atoms with E-state index in [2.05, 4.69) is 22.3 Å². The van der Waals surface area contributed by atoms with Crippen LogP contribution in [0.5, 0.6) is 0 Å². The molecule has 0 aliphatic heterocycles. The minimum absolute atomic E-state index is 0.160. The van der Waals surface area contributed by atoms with Crippen LogP contribution in [0.15, 0.2) is 24.7 Å². The van der Waals surface area contributed by atoms with Gasteiger partial charge in [0, 0.05) is 19.0 Å². The number of aromatic nitrogens is 3. The quantitative estimate of drug-likeness (QED) is 0.609. The smallest absolute Gasteiger partial charge is 0.337 e. The first-order valence-electron chi connectivity index (χ1n) is 8.48. The van der Waals surface area contributed by atoms with E-state index in [1.807, 2.05) is 23.6 Å². The van der Waals surface area contributed by atoms with Crippen LogP contribution in [0.3, 0.4) is 0 Å². The normalized spacial score (nSPS) is 12.8. The molecule has 0 amide bonds. The van der Waals surface area contributed by atoms with Gasteiger partial charge in [0.25, 0.3) is 0 Å². The number of carboxylic acids is 1. The Balaban J connectivity index is 2.15. The van der Waals surface area contributed by atoms with Gasteiger partial charge >= 0.3 is 5.97 Å². The van der Waals surface area contributed by atoms with Crippen molar-refractivity contribution in [3.05, 3.63) is 35.9 Å². The van der Waals surface area contributed by atoms with E-state index in [4.69, 9.17) is 0 Å². The van der Waals surface area contributed by atoms with Crippen LogP contribution in [0.4, 0.5) is 15.6 Å². The van der Waals surface area contributed by atoms with E-state index in [0.717, 1.165) is 30.8 Å². The molecule has 2 aromatic rings. The highest BCUT2D eigenvalue weighted by Gasteiger charge is 2.17. The van der Waals surface area contributed by atoms with Gasteiger partial charge in [0.05, 0.1) is 50.0 Å². The molecule has 2 N–H and O–H groups in total. The molecule has 0 aliphatic carbocycles. The van der Waals surface area contributed by atoms with Gasteiger partial charge in [0.15, 0.2) is 0 Å². The maximum atomic E-state index is 12.5. The third-order valence-corrected chi connectivity index (χ3v) is 5.02. The second-order valence-electron chi connectivity index (χ2n) is 6.16. The zero-order chi connectivity index (χ0) is 19.1. The molecule has 0 aromatic carbocycles. The first kappa shape index (κ1) is 20.3. The molecule has 2 rings (SSSR count). The van der Waals surface area contributed by atoms with Crippen LogP contribution in [0, 0.1) is 6.92 Å². The summed E-state index contributed by atoms with van der Waals surface area (Å²) in [5, 5.41) is 16.9. The lowest BCUT2D eigenvalue weighted by atomic mass is 10.1. The Morgan fingerprint density at radius 1 is 1.46 bits per heavy atom. The van der Waals surface area contributed by atoms with Gasteiger partial charge < -0.3 is 10.4 Å². The molecule has 0 aliphatic rings. The fraction of sp³-hybridized carbons (Fsp3) is 0.471. The van der Waals surface area contributed by atoms with E-state index in [1.165, 1.54) is 18.5 Å². The summed E-state index contributed by atoms with van der Waals surface area (Å²) < 4.78 is 14.4. The highest BCUT2D eigenvalue weighted by atomic mass is 31.1. The number of halogens is 1.